The molecule has 40 heavy (non-hydrogen) atoms. The van der Waals surface area contributed by atoms with Gasteiger partial charge in [0.2, 0.25) is 17.8 Å². The Morgan fingerprint density at radius 3 is 2.48 bits per heavy atom. The van der Waals surface area contributed by atoms with Crippen LogP contribution in [0.2, 0.25) is 5.02 Å². The van der Waals surface area contributed by atoms with Crippen molar-refractivity contribution in [2.45, 2.75) is 0 Å². The number of aromatic nitrogens is 2. The molecule has 1 heterocycles. The summed E-state index contributed by atoms with van der Waals surface area (Å²) in [5.41, 5.74) is 1.56. The van der Waals surface area contributed by atoms with Crippen LogP contribution in [-0.4, -0.2) is 74.3 Å². The second-order valence-electron chi connectivity index (χ2n) is 9.34. The third kappa shape index (κ3) is 9.08. The number of carbonyl (C=O) groups is 2. The third-order valence-electron chi connectivity index (χ3n) is 5.44. The van der Waals surface area contributed by atoms with Crippen LogP contribution >= 0.6 is 18.7 Å². The fourth-order valence-corrected chi connectivity index (χ4v) is 4.79. The van der Waals surface area contributed by atoms with E-state index in [2.05, 4.69) is 31.2 Å². The maximum absolute atomic E-state index is 12.8. The van der Waals surface area contributed by atoms with Crippen molar-refractivity contribution in [2.75, 3.05) is 63.6 Å². The van der Waals surface area contributed by atoms with E-state index in [-0.39, 0.29) is 16.9 Å². The Kier molecular flexibility index (Phi) is 10.7. The summed E-state index contributed by atoms with van der Waals surface area (Å²) in [6.07, 6.45) is 3.77. The van der Waals surface area contributed by atoms with Crippen molar-refractivity contribution in [1.29, 1.82) is 0 Å². The summed E-state index contributed by atoms with van der Waals surface area (Å²) in [5.74, 6) is 0.164. The molecule has 0 aliphatic heterocycles. The third-order valence-corrected chi connectivity index (χ3v) is 7.27. The molecule has 2 aromatic carbocycles. The fourth-order valence-electron chi connectivity index (χ4n) is 3.49. The Bertz CT molecular complexity index is 1440. The average Bonchev–Trinajstić information content (AvgIpc) is 2.89. The van der Waals surface area contributed by atoms with Gasteiger partial charge >= 0.3 is 0 Å². The smallest absolute Gasteiger partial charge is 0.248 e. The lowest BCUT2D eigenvalue weighted by atomic mass is 10.2. The van der Waals surface area contributed by atoms with Crippen molar-refractivity contribution >= 4 is 64.7 Å². The van der Waals surface area contributed by atoms with Gasteiger partial charge in [0.25, 0.3) is 0 Å². The molecule has 0 atom stereocenters. The molecule has 0 saturated heterocycles. The van der Waals surface area contributed by atoms with E-state index in [9.17, 15) is 14.2 Å². The Balaban J connectivity index is 1.75. The van der Waals surface area contributed by atoms with E-state index < -0.39 is 13.0 Å². The summed E-state index contributed by atoms with van der Waals surface area (Å²) in [5, 5.41) is 12.6. The van der Waals surface area contributed by atoms with Crippen LogP contribution in [0.25, 0.3) is 0 Å². The summed E-state index contributed by atoms with van der Waals surface area (Å²) in [6, 6.07) is 12.2. The molecule has 0 fully saturated rings. The quantitative estimate of drug-likeness (QED) is 0.183. The molecule has 2 amide bonds. The number of halogens is 1. The summed E-state index contributed by atoms with van der Waals surface area (Å²) in [7, 11) is 2.75. The lowest BCUT2D eigenvalue weighted by Gasteiger charge is -2.16. The molecule has 0 unspecified atom stereocenters. The zero-order valence-electron chi connectivity index (χ0n) is 23.0. The first kappa shape index (κ1) is 30.6. The number of carbonyl (C=O) groups excluding carboxylic acids is 2. The number of nitrogens with zero attached hydrogens (tertiary/aromatic N) is 3. The van der Waals surface area contributed by atoms with Gasteiger partial charge in [0.15, 0.2) is 5.82 Å². The van der Waals surface area contributed by atoms with Gasteiger partial charge < -0.3 is 35.5 Å². The summed E-state index contributed by atoms with van der Waals surface area (Å²) in [6.45, 7) is 4.54. The highest BCUT2D eigenvalue weighted by atomic mass is 35.5. The van der Waals surface area contributed by atoms with Crippen LogP contribution in [0, 0.1) is 0 Å². The lowest BCUT2D eigenvalue weighted by molar-refractivity contribution is -0.117. The van der Waals surface area contributed by atoms with Gasteiger partial charge in [0.1, 0.15) is 17.9 Å². The predicted octanol–water partition coefficient (Wildman–Crippen LogP) is 4.05. The molecule has 4 N–H and O–H groups in total. The molecule has 13 heteroatoms. The van der Waals surface area contributed by atoms with E-state index in [0.717, 1.165) is 6.08 Å². The number of para-hydroxylation sites is 1. The molecule has 3 rings (SSSR count). The number of hydrogen-bond donors (Lipinski definition) is 4. The number of ether oxygens (including phenoxy) is 1. The van der Waals surface area contributed by atoms with Crippen molar-refractivity contribution in [3.05, 3.63) is 65.8 Å². The number of likely N-dealkylation sites (N-methyl/N-ethyl adjacent to an activating group) is 1. The normalized spacial score (nSPS) is 11.4. The van der Waals surface area contributed by atoms with Crippen molar-refractivity contribution in [3.8, 4) is 5.75 Å². The maximum Gasteiger partial charge on any atom is 0.248 e. The van der Waals surface area contributed by atoms with Gasteiger partial charge in [-0.1, -0.05) is 23.7 Å². The average molecular weight is 586 g/mol. The first-order valence-corrected chi connectivity index (χ1v) is 15.2. The van der Waals surface area contributed by atoms with E-state index in [0.29, 0.717) is 47.0 Å². The standard InChI is InChI=1S/C27H33ClN7O4P/c1-35(2)15-14-29-24(36)12-13-25(37)31-18-10-11-22(39-3)21(16-18)33-27-30-17-19(28)26(34-27)32-20-8-6-7-9-23(20)40(4,5)38/h6-13,16-17H,14-15H2,1-5H3,(H,29,36)(H,31,37)(H2,30,32,33,34)/b13-12-. The highest BCUT2D eigenvalue weighted by Gasteiger charge is 2.17. The van der Waals surface area contributed by atoms with Gasteiger partial charge in [-0.25, -0.2) is 4.98 Å². The number of hydrogen-bond acceptors (Lipinski definition) is 9. The molecule has 1 aromatic heterocycles. The highest BCUT2D eigenvalue weighted by Crippen LogP contribution is 2.39. The molecule has 11 nitrogen and oxygen atoms in total. The second kappa shape index (κ2) is 13.9. The molecular weight excluding hydrogens is 553 g/mol. The Hall–Kier alpha value is -3.92. The second-order valence-corrected chi connectivity index (χ2v) is 12.9. The van der Waals surface area contributed by atoms with Gasteiger partial charge in [-0.3, -0.25) is 9.59 Å². The fraction of sp³-hybridized carbons (Fsp3) is 0.259. The van der Waals surface area contributed by atoms with Gasteiger partial charge in [0, 0.05) is 36.2 Å². The van der Waals surface area contributed by atoms with Crippen LogP contribution in [0.5, 0.6) is 5.75 Å². The van der Waals surface area contributed by atoms with Crippen LogP contribution in [0.1, 0.15) is 0 Å². The zero-order valence-corrected chi connectivity index (χ0v) is 24.6. The van der Waals surface area contributed by atoms with Gasteiger partial charge in [-0.2, -0.15) is 4.98 Å². The predicted molar refractivity (Wildman–Crippen MR) is 161 cm³/mol. The minimum absolute atomic E-state index is 0.205. The van der Waals surface area contributed by atoms with E-state index in [1.54, 1.807) is 43.7 Å². The lowest BCUT2D eigenvalue weighted by Crippen LogP contribution is -2.30. The molecule has 0 spiro atoms. The SMILES string of the molecule is COc1ccc(NC(=O)/C=C\C(=O)NCCN(C)C)cc1Nc1ncc(Cl)c(Nc2ccccc2P(C)(C)=O)n1. The Labute approximate surface area is 238 Å². The largest absolute Gasteiger partial charge is 0.495 e. The van der Waals surface area contributed by atoms with Crippen LogP contribution in [0.15, 0.2) is 60.8 Å². The van der Waals surface area contributed by atoms with Crippen LogP contribution in [0.4, 0.5) is 28.8 Å². The van der Waals surface area contributed by atoms with Crippen LogP contribution in [0.3, 0.4) is 0 Å². The summed E-state index contributed by atoms with van der Waals surface area (Å²) >= 11 is 6.36. The van der Waals surface area contributed by atoms with Crippen molar-refractivity contribution in [3.63, 3.8) is 0 Å². The molecule has 212 valence electrons. The minimum Gasteiger partial charge on any atom is -0.495 e. The summed E-state index contributed by atoms with van der Waals surface area (Å²) in [4.78, 5) is 34.9. The van der Waals surface area contributed by atoms with Crippen molar-refractivity contribution in [1.82, 2.24) is 20.2 Å². The van der Waals surface area contributed by atoms with E-state index in [4.69, 9.17) is 16.3 Å². The summed E-state index contributed by atoms with van der Waals surface area (Å²) < 4.78 is 18.2. The van der Waals surface area contributed by atoms with Crippen molar-refractivity contribution < 1.29 is 18.9 Å². The number of benzene rings is 2. The highest BCUT2D eigenvalue weighted by molar-refractivity contribution is 7.70. The van der Waals surface area contributed by atoms with Crippen LogP contribution < -0.4 is 31.3 Å². The zero-order chi connectivity index (χ0) is 29.3. The number of amides is 2. The topological polar surface area (TPSA) is 138 Å². The molecule has 0 aliphatic carbocycles. The van der Waals surface area contributed by atoms with Gasteiger partial charge in [0.05, 0.1) is 24.7 Å². The minimum atomic E-state index is -2.57. The molecule has 0 bridgehead atoms. The molecule has 0 aliphatic rings. The number of nitrogens with one attached hydrogen (secondary N) is 4. The van der Waals surface area contributed by atoms with Gasteiger partial charge in [-0.15, -0.1) is 0 Å². The number of methoxy groups -OCH3 is 1. The van der Waals surface area contributed by atoms with E-state index in [1.165, 1.54) is 19.4 Å². The molecular formula is C27H33ClN7O4P. The molecule has 0 saturated carbocycles. The Morgan fingerprint density at radius 1 is 1.05 bits per heavy atom. The maximum atomic E-state index is 12.8. The first-order chi connectivity index (χ1) is 19.0. The molecule has 0 radical (unpaired) electrons. The van der Waals surface area contributed by atoms with Crippen LogP contribution in [-0.2, 0) is 14.2 Å². The van der Waals surface area contributed by atoms with E-state index in [1.807, 2.05) is 31.1 Å². The Morgan fingerprint density at radius 2 is 1.77 bits per heavy atom. The van der Waals surface area contributed by atoms with Crippen molar-refractivity contribution in [2.24, 2.45) is 0 Å². The van der Waals surface area contributed by atoms with Gasteiger partial charge in [-0.05, 0) is 57.8 Å². The monoisotopic (exact) mass is 585 g/mol. The molecule has 3 aromatic rings. The van der Waals surface area contributed by atoms with E-state index >= 15 is 0 Å². The first-order valence-electron chi connectivity index (χ1n) is 12.3. The number of anilines is 5. The number of rotatable bonds is 12.